The molecule has 1 fully saturated rings. The summed E-state index contributed by atoms with van der Waals surface area (Å²) >= 11 is 4.95. The third-order valence-electron chi connectivity index (χ3n) is 2.66. The Balaban J connectivity index is 2.22. The molecule has 1 rings (SSSR count). The molecule has 1 aliphatic heterocycles. The summed E-state index contributed by atoms with van der Waals surface area (Å²) in [6.07, 6.45) is 2.46. The number of carbonyl (C=O) groups is 1. The maximum absolute atomic E-state index is 10.6. The minimum Gasteiger partial charge on any atom is -0.393 e. The van der Waals surface area contributed by atoms with Crippen LogP contribution in [-0.2, 0) is 4.79 Å². The zero-order valence-corrected chi connectivity index (χ0v) is 9.05. The lowest BCUT2D eigenvalue weighted by molar-refractivity contribution is -0.118. The molecule has 0 aromatic rings. The number of carbonyl (C=O) groups excluding carboxylic acids is 1. The van der Waals surface area contributed by atoms with E-state index in [9.17, 15) is 4.79 Å². The van der Waals surface area contributed by atoms with E-state index in [1.807, 2.05) is 0 Å². The van der Waals surface area contributed by atoms with Crippen LogP contribution >= 0.6 is 12.2 Å². The van der Waals surface area contributed by atoms with E-state index in [2.05, 4.69) is 4.90 Å². The van der Waals surface area contributed by atoms with Crippen molar-refractivity contribution >= 4 is 23.1 Å². The lowest BCUT2D eigenvalue weighted by atomic mass is 9.97. The zero-order chi connectivity index (χ0) is 10.6. The van der Waals surface area contributed by atoms with Gasteiger partial charge in [0.05, 0.1) is 4.99 Å². The summed E-state index contributed by atoms with van der Waals surface area (Å²) in [5, 5.41) is 0. The number of nitrogens with two attached hydrogens (primary N) is 2. The Kier molecular flexibility index (Phi) is 4.28. The predicted octanol–water partition coefficient (Wildman–Crippen LogP) is -0.140. The quantitative estimate of drug-likeness (QED) is 0.640. The van der Waals surface area contributed by atoms with E-state index in [4.69, 9.17) is 23.7 Å². The van der Waals surface area contributed by atoms with E-state index in [1.165, 1.54) is 0 Å². The number of hydrogen-bond acceptors (Lipinski definition) is 3. The van der Waals surface area contributed by atoms with Gasteiger partial charge in [0.15, 0.2) is 0 Å². The van der Waals surface area contributed by atoms with Crippen molar-refractivity contribution in [1.82, 2.24) is 4.90 Å². The Morgan fingerprint density at radius 1 is 1.36 bits per heavy atom. The van der Waals surface area contributed by atoms with Crippen molar-refractivity contribution < 1.29 is 4.79 Å². The Bertz CT molecular complexity index is 224. The predicted molar refractivity (Wildman–Crippen MR) is 59.8 cm³/mol. The van der Waals surface area contributed by atoms with E-state index in [-0.39, 0.29) is 5.91 Å². The van der Waals surface area contributed by atoms with Crippen LogP contribution in [0.15, 0.2) is 0 Å². The van der Waals surface area contributed by atoms with Crippen LogP contribution in [0.5, 0.6) is 0 Å². The molecule has 1 aliphatic rings. The smallest absolute Gasteiger partial charge is 0.218 e. The summed E-state index contributed by atoms with van der Waals surface area (Å²) < 4.78 is 0. The van der Waals surface area contributed by atoms with E-state index >= 15 is 0 Å². The first-order chi connectivity index (χ1) is 6.59. The molecule has 80 valence electrons. The summed E-state index contributed by atoms with van der Waals surface area (Å²) in [5.74, 6) is 0.149. The number of amides is 1. The lowest BCUT2D eigenvalue weighted by Gasteiger charge is -2.30. The molecule has 0 aromatic carbocycles. The van der Waals surface area contributed by atoms with Crippen LogP contribution < -0.4 is 11.5 Å². The minimum absolute atomic E-state index is 0.235. The average molecular weight is 215 g/mol. The molecule has 0 radical (unpaired) electrons. The molecule has 0 unspecified atom stereocenters. The van der Waals surface area contributed by atoms with Crippen LogP contribution in [0.2, 0.25) is 0 Å². The van der Waals surface area contributed by atoms with Gasteiger partial charge in [-0.3, -0.25) is 4.79 Å². The second-order valence-corrected chi connectivity index (χ2v) is 4.21. The van der Waals surface area contributed by atoms with Gasteiger partial charge in [-0.15, -0.1) is 0 Å². The first-order valence-corrected chi connectivity index (χ1v) is 5.30. The number of piperidine rings is 1. The van der Waals surface area contributed by atoms with Gasteiger partial charge in [-0.05, 0) is 25.9 Å². The van der Waals surface area contributed by atoms with Crippen LogP contribution in [-0.4, -0.2) is 35.4 Å². The molecular weight excluding hydrogens is 198 g/mol. The summed E-state index contributed by atoms with van der Waals surface area (Å²) in [7, 11) is 0. The van der Waals surface area contributed by atoms with Crippen molar-refractivity contribution in [2.24, 2.45) is 17.4 Å². The molecule has 1 heterocycles. The fourth-order valence-electron chi connectivity index (χ4n) is 1.71. The maximum Gasteiger partial charge on any atom is 0.218 e. The van der Waals surface area contributed by atoms with Crippen LogP contribution in [0, 0.1) is 5.92 Å². The Hall–Kier alpha value is -0.680. The highest BCUT2D eigenvalue weighted by molar-refractivity contribution is 7.80. The highest BCUT2D eigenvalue weighted by atomic mass is 32.1. The van der Waals surface area contributed by atoms with E-state index < -0.39 is 0 Å². The van der Waals surface area contributed by atoms with Crippen molar-refractivity contribution in [2.75, 3.05) is 19.6 Å². The van der Waals surface area contributed by atoms with Gasteiger partial charge in [0.25, 0.3) is 0 Å². The molecule has 5 heteroatoms. The van der Waals surface area contributed by atoms with Crippen molar-refractivity contribution in [3.63, 3.8) is 0 Å². The van der Waals surface area contributed by atoms with Crippen molar-refractivity contribution in [3.8, 4) is 0 Å². The van der Waals surface area contributed by atoms with E-state index in [0.29, 0.717) is 17.3 Å². The highest BCUT2D eigenvalue weighted by Gasteiger charge is 2.20. The normalized spacial score (nSPS) is 19.4. The molecule has 0 spiro atoms. The van der Waals surface area contributed by atoms with E-state index in [0.717, 1.165) is 32.5 Å². The number of thiocarbonyl (C=S) groups is 1. The number of rotatable bonds is 4. The molecule has 1 saturated heterocycles. The summed E-state index contributed by atoms with van der Waals surface area (Å²) in [6.45, 7) is 2.70. The third-order valence-corrected chi connectivity index (χ3v) is 3.00. The molecular formula is C9H17N3OS. The van der Waals surface area contributed by atoms with Gasteiger partial charge in [-0.2, -0.15) is 0 Å². The molecule has 4 nitrogen and oxygen atoms in total. The monoisotopic (exact) mass is 215 g/mol. The van der Waals surface area contributed by atoms with Crippen molar-refractivity contribution in [1.29, 1.82) is 0 Å². The van der Waals surface area contributed by atoms with Crippen LogP contribution in [0.25, 0.3) is 0 Å². The van der Waals surface area contributed by atoms with Crippen molar-refractivity contribution in [2.45, 2.75) is 19.3 Å². The fourth-order valence-corrected chi connectivity index (χ4v) is 1.95. The largest absolute Gasteiger partial charge is 0.393 e. The van der Waals surface area contributed by atoms with Gasteiger partial charge in [0.1, 0.15) is 0 Å². The second-order valence-electron chi connectivity index (χ2n) is 3.73. The molecule has 0 aromatic heterocycles. The summed E-state index contributed by atoms with van der Waals surface area (Å²) in [6, 6.07) is 0. The SMILES string of the molecule is NC(=O)CCN1CCC(C(N)=S)CC1. The maximum atomic E-state index is 10.6. The number of nitrogens with zero attached hydrogens (tertiary/aromatic N) is 1. The summed E-state index contributed by atoms with van der Waals surface area (Å²) in [5.41, 5.74) is 10.7. The Morgan fingerprint density at radius 2 is 1.93 bits per heavy atom. The minimum atomic E-state index is -0.235. The molecule has 0 atom stereocenters. The lowest BCUT2D eigenvalue weighted by Crippen LogP contribution is -2.39. The van der Waals surface area contributed by atoms with Crippen LogP contribution in [0.1, 0.15) is 19.3 Å². The number of hydrogen-bond donors (Lipinski definition) is 2. The van der Waals surface area contributed by atoms with Gasteiger partial charge in [0, 0.05) is 18.9 Å². The fraction of sp³-hybridized carbons (Fsp3) is 0.778. The molecule has 0 bridgehead atoms. The first kappa shape index (κ1) is 11.4. The van der Waals surface area contributed by atoms with Gasteiger partial charge in [0.2, 0.25) is 5.91 Å². The van der Waals surface area contributed by atoms with Crippen LogP contribution in [0.4, 0.5) is 0 Å². The third kappa shape index (κ3) is 3.59. The Morgan fingerprint density at radius 3 is 2.36 bits per heavy atom. The number of likely N-dealkylation sites (tertiary alicyclic amines) is 1. The standard InChI is InChI=1S/C9H17N3OS/c10-8(13)3-6-12-4-1-7(2-5-12)9(11)14/h7H,1-6H2,(H2,10,13)(H2,11,14). The average Bonchev–Trinajstić information content (AvgIpc) is 2.15. The van der Waals surface area contributed by atoms with Gasteiger partial charge in [-0.1, -0.05) is 12.2 Å². The molecule has 14 heavy (non-hydrogen) atoms. The molecule has 0 aliphatic carbocycles. The number of primary amides is 1. The van der Waals surface area contributed by atoms with Gasteiger partial charge in [-0.25, -0.2) is 0 Å². The van der Waals surface area contributed by atoms with E-state index in [1.54, 1.807) is 0 Å². The molecule has 0 saturated carbocycles. The summed E-state index contributed by atoms with van der Waals surface area (Å²) in [4.78, 5) is 13.4. The zero-order valence-electron chi connectivity index (χ0n) is 8.24. The first-order valence-electron chi connectivity index (χ1n) is 4.89. The van der Waals surface area contributed by atoms with Crippen molar-refractivity contribution in [3.05, 3.63) is 0 Å². The highest BCUT2D eigenvalue weighted by Crippen LogP contribution is 2.17. The van der Waals surface area contributed by atoms with Gasteiger partial charge < -0.3 is 16.4 Å². The van der Waals surface area contributed by atoms with Crippen LogP contribution in [0.3, 0.4) is 0 Å². The van der Waals surface area contributed by atoms with Gasteiger partial charge >= 0.3 is 0 Å². The molecule has 4 N–H and O–H groups in total. The molecule has 1 amide bonds. The topological polar surface area (TPSA) is 72.4 Å². The second kappa shape index (κ2) is 5.26. The Labute approximate surface area is 89.6 Å².